The Morgan fingerprint density at radius 2 is 1.89 bits per heavy atom. The van der Waals surface area contributed by atoms with E-state index in [1.54, 1.807) is 0 Å². The van der Waals surface area contributed by atoms with Gasteiger partial charge in [-0.15, -0.1) is 0 Å². The molecule has 0 saturated carbocycles. The maximum Gasteiger partial charge on any atom is 0.341 e. The molecule has 0 atom stereocenters. The molecular formula is C12H9F2NO4. The molecule has 19 heavy (non-hydrogen) atoms. The van der Waals surface area contributed by atoms with Crippen molar-refractivity contribution in [3.63, 3.8) is 0 Å². The van der Waals surface area contributed by atoms with E-state index in [2.05, 4.69) is 0 Å². The van der Waals surface area contributed by atoms with Crippen LogP contribution in [0.15, 0.2) is 23.1 Å². The topological polar surface area (TPSA) is 79.5 Å². The van der Waals surface area contributed by atoms with Crippen LogP contribution in [0.25, 0.3) is 10.9 Å². The first kappa shape index (κ1) is 13.2. The van der Waals surface area contributed by atoms with Crippen LogP contribution in [0.3, 0.4) is 0 Å². The maximum atomic E-state index is 13.2. The Labute approximate surface area is 105 Å². The summed E-state index contributed by atoms with van der Waals surface area (Å²) in [5.41, 5.74) is -1.43. The number of hydrogen-bond donors (Lipinski definition) is 2. The fourth-order valence-corrected chi connectivity index (χ4v) is 1.83. The minimum atomic E-state index is -1.47. The lowest BCUT2D eigenvalue weighted by molar-refractivity contribution is 0.0694. The fraction of sp³-hybridized carbons (Fsp3) is 0.167. The van der Waals surface area contributed by atoms with Gasteiger partial charge in [-0.25, -0.2) is 13.6 Å². The van der Waals surface area contributed by atoms with Gasteiger partial charge < -0.3 is 14.8 Å². The van der Waals surface area contributed by atoms with E-state index in [-0.39, 0.29) is 24.1 Å². The van der Waals surface area contributed by atoms with Gasteiger partial charge in [0, 0.05) is 24.2 Å². The molecule has 0 aliphatic rings. The van der Waals surface area contributed by atoms with E-state index in [0.717, 1.165) is 12.3 Å². The first-order valence-corrected chi connectivity index (χ1v) is 5.32. The molecule has 0 amide bonds. The molecule has 1 aromatic carbocycles. The molecule has 1 aromatic heterocycles. The van der Waals surface area contributed by atoms with E-state index in [1.165, 1.54) is 4.57 Å². The Bertz CT molecular complexity index is 724. The number of benzene rings is 1. The van der Waals surface area contributed by atoms with Crippen molar-refractivity contribution in [3.8, 4) is 0 Å². The van der Waals surface area contributed by atoms with Gasteiger partial charge in [0.25, 0.3) is 0 Å². The third-order valence-corrected chi connectivity index (χ3v) is 2.69. The van der Waals surface area contributed by atoms with Gasteiger partial charge >= 0.3 is 5.97 Å². The molecule has 0 bridgehead atoms. The summed E-state index contributed by atoms with van der Waals surface area (Å²) in [6, 6.07) is 1.46. The van der Waals surface area contributed by atoms with Crippen molar-refractivity contribution in [2.45, 2.75) is 6.54 Å². The Kier molecular flexibility index (Phi) is 3.30. The molecule has 0 radical (unpaired) electrons. The summed E-state index contributed by atoms with van der Waals surface area (Å²) in [6.07, 6.45) is 1.00. The molecule has 0 saturated heterocycles. The number of nitrogens with zero attached hydrogens (tertiary/aromatic N) is 1. The first-order valence-electron chi connectivity index (χ1n) is 5.32. The van der Waals surface area contributed by atoms with E-state index in [9.17, 15) is 18.4 Å². The predicted octanol–water partition coefficient (Wildman–Crippen LogP) is 0.970. The summed E-state index contributed by atoms with van der Waals surface area (Å²) in [5, 5.41) is 17.5. The van der Waals surface area contributed by atoms with Gasteiger partial charge in [0.1, 0.15) is 5.56 Å². The van der Waals surface area contributed by atoms with Crippen LogP contribution in [-0.2, 0) is 6.54 Å². The predicted molar refractivity (Wildman–Crippen MR) is 62.2 cm³/mol. The standard InChI is InChI=1S/C12H9F2NO4/c13-8-3-6-10(4-9(8)14)15(1-2-16)5-7(11(6)17)12(18)19/h3-5,16H,1-2H2,(H,18,19). The Balaban J connectivity index is 2.92. The van der Waals surface area contributed by atoms with Crippen LogP contribution >= 0.6 is 0 Å². The van der Waals surface area contributed by atoms with Crippen molar-refractivity contribution in [2.75, 3.05) is 6.61 Å². The molecule has 2 rings (SSSR count). The van der Waals surface area contributed by atoms with Gasteiger partial charge in [-0.1, -0.05) is 0 Å². The van der Waals surface area contributed by atoms with Crippen LogP contribution in [0.5, 0.6) is 0 Å². The number of aromatic nitrogens is 1. The highest BCUT2D eigenvalue weighted by Gasteiger charge is 2.16. The van der Waals surface area contributed by atoms with E-state index in [0.29, 0.717) is 6.07 Å². The molecule has 1 heterocycles. The highest BCUT2D eigenvalue weighted by atomic mass is 19.2. The fourth-order valence-electron chi connectivity index (χ4n) is 1.83. The molecule has 0 unspecified atom stereocenters. The second kappa shape index (κ2) is 4.77. The van der Waals surface area contributed by atoms with Crippen LogP contribution in [0.2, 0.25) is 0 Å². The zero-order chi connectivity index (χ0) is 14.2. The number of fused-ring (bicyclic) bond motifs is 1. The summed E-state index contributed by atoms with van der Waals surface area (Å²) in [6.45, 7) is -0.377. The SMILES string of the molecule is O=C(O)c1cn(CCO)c2cc(F)c(F)cc2c1=O. The Morgan fingerprint density at radius 3 is 2.47 bits per heavy atom. The van der Waals surface area contributed by atoms with E-state index in [4.69, 9.17) is 10.2 Å². The van der Waals surface area contributed by atoms with Crippen molar-refractivity contribution < 1.29 is 23.8 Å². The first-order chi connectivity index (χ1) is 8.95. The van der Waals surface area contributed by atoms with Crippen LogP contribution in [0.4, 0.5) is 8.78 Å². The van der Waals surface area contributed by atoms with E-state index < -0.39 is 28.6 Å². The van der Waals surface area contributed by atoms with Gasteiger partial charge in [0.05, 0.1) is 12.1 Å². The van der Waals surface area contributed by atoms with Crippen LogP contribution in [-0.4, -0.2) is 27.4 Å². The minimum absolute atomic E-state index is 0.0305. The van der Waals surface area contributed by atoms with Crippen molar-refractivity contribution in [1.29, 1.82) is 0 Å². The quantitative estimate of drug-likeness (QED) is 0.870. The molecule has 100 valence electrons. The number of carboxylic acids is 1. The lowest BCUT2D eigenvalue weighted by atomic mass is 10.1. The second-order valence-corrected chi connectivity index (χ2v) is 3.88. The lowest BCUT2D eigenvalue weighted by Gasteiger charge is -2.11. The zero-order valence-corrected chi connectivity index (χ0v) is 9.56. The summed E-state index contributed by atoms with van der Waals surface area (Å²) in [7, 11) is 0. The van der Waals surface area contributed by atoms with E-state index in [1.807, 2.05) is 0 Å². The smallest absolute Gasteiger partial charge is 0.341 e. The molecule has 2 N–H and O–H groups in total. The number of aliphatic hydroxyl groups is 1. The number of hydrogen-bond acceptors (Lipinski definition) is 3. The monoisotopic (exact) mass is 269 g/mol. The lowest BCUT2D eigenvalue weighted by Crippen LogP contribution is -2.20. The highest BCUT2D eigenvalue weighted by Crippen LogP contribution is 2.17. The Hall–Kier alpha value is -2.28. The van der Waals surface area contributed by atoms with Gasteiger partial charge in [0.15, 0.2) is 11.6 Å². The normalized spacial score (nSPS) is 10.9. The molecule has 2 aromatic rings. The van der Waals surface area contributed by atoms with Crippen LogP contribution in [0, 0.1) is 11.6 Å². The summed E-state index contributed by atoms with van der Waals surface area (Å²) >= 11 is 0. The van der Waals surface area contributed by atoms with Crippen molar-refractivity contribution in [3.05, 3.63) is 45.8 Å². The average Bonchev–Trinajstić information content (AvgIpc) is 2.35. The third-order valence-electron chi connectivity index (χ3n) is 2.69. The van der Waals surface area contributed by atoms with Gasteiger partial charge in [-0.3, -0.25) is 4.79 Å². The molecule has 0 aliphatic heterocycles. The molecule has 0 fully saturated rings. The number of aliphatic hydroxyl groups excluding tert-OH is 1. The summed E-state index contributed by atoms with van der Waals surface area (Å²) < 4.78 is 27.5. The molecular weight excluding hydrogens is 260 g/mol. The number of halogens is 2. The largest absolute Gasteiger partial charge is 0.477 e. The number of pyridine rings is 1. The Morgan fingerprint density at radius 1 is 1.26 bits per heavy atom. The van der Waals surface area contributed by atoms with Crippen LogP contribution < -0.4 is 5.43 Å². The number of rotatable bonds is 3. The van der Waals surface area contributed by atoms with Gasteiger partial charge in [0.2, 0.25) is 5.43 Å². The number of carbonyl (C=O) groups is 1. The zero-order valence-electron chi connectivity index (χ0n) is 9.56. The third kappa shape index (κ3) is 2.19. The van der Waals surface area contributed by atoms with Crippen molar-refractivity contribution >= 4 is 16.9 Å². The number of carboxylic acid groups (broad SMARTS) is 1. The second-order valence-electron chi connectivity index (χ2n) is 3.88. The van der Waals surface area contributed by atoms with Crippen LogP contribution in [0.1, 0.15) is 10.4 Å². The van der Waals surface area contributed by atoms with Crippen molar-refractivity contribution in [2.24, 2.45) is 0 Å². The minimum Gasteiger partial charge on any atom is -0.477 e. The van der Waals surface area contributed by atoms with Crippen molar-refractivity contribution in [1.82, 2.24) is 4.57 Å². The molecule has 5 nitrogen and oxygen atoms in total. The van der Waals surface area contributed by atoms with E-state index >= 15 is 0 Å². The average molecular weight is 269 g/mol. The molecule has 0 spiro atoms. The molecule has 0 aliphatic carbocycles. The maximum absolute atomic E-state index is 13.2. The highest BCUT2D eigenvalue weighted by molar-refractivity contribution is 5.92. The summed E-state index contributed by atoms with van der Waals surface area (Å²) in [4.78, 5) is 22.8. The number of aromatic carboxylic acids is 1. The van der Waals surface area contributed by atoms with Gasteiger partial charge in [-0.05, 0) is 6.07 Å². The van der Waals surface area contributed by atoms with Gasteiger partial charge in [-0.2, -0.15) is 0 Å². The molecule has 7 heteroatoms. The summed E-state index contributed by atoms with van der Waals surface area (Å²) in [5.74, 6) is -3.85.